The number of aliphatic hydroxyl groups excluding tert-OH is 1. The summed E-state index contributed by atoms with van der Waals surface area (Å²) in [5.41, 5.74) is 3.27. The third-order valence-electron chi connectivity index (χ3n) is 2.64. The summed E-state index contributed by atoms with van der Waals surface area (Å²) >= 11 is 6.78. The highest BCUT2D eigenvalue weighted by atomic mass is 79.9. The summed E-state index contributed by atoms with van der Waals surface area (Å²) in [7, 11) is 0. The van der Waals surface area contributed by atoms with Crippen LogP contribution in [0.3, 0.4) is 0 Å². The number of halogens is 2. The second-order valence-electron chi connectivity index (χ2n) is 4.06. The molecule has 0 atom stereocenters. The number of benzene rings is 2. The normalized spacial score (nSPS) is 11.2. The molecule has 1 N–H and O–H groups in total. The van der Waals surface area contributed by atoms with E-state index in [1.54, 1.807) is 0 Å². The van der Waals surface area contributed by atoms with E-state index in [0.717, 1.165) is 25.8 Å². The summed E-state index contributed by atoms with van der Waals surface area (Å²) in [6.07, 6.45) is 0. The number of hydrogen-bond acceptors (Lipinski definition) is 3. The molecule has 2 aromatic rings. The Morgan fingerprint density at radius 3 is 2.16 bits per heavy atom. The molecule has 19 heavy (non-hydrogen) atoms. The molecule has 0 unspecified atom stereocenters. The second kappa shape index (κ2) is 6.41. The predicted molar refractivity (Wildman–Crippen MR) is 83.1 cm³/mol. The fraction of sp³-hybridized carbons (Fsp3) is 0.143. The Kier molecular flexibility index (Phi) is 4.85. The van der Waals surface area contributed by atoms with E-state index in [0.29, 0.717) is 5.69 Å². The van der Waals surface area contributed by atoms with Crippen molar-refractivity contribution >= 4 is 43.2 Å². The van der Waals surface area contributed by atoms with Crippen molar-refractivity contribution in [3.8, 4) is 0 Å². The van der Waals surface area contributed by atoms with Crippen molar-refractivity contribution in [1.82, 2.24) is 0 Å². The van der Waals surface area contributed by atoms with Crippen molar-refractivity contribution in [1.29, 1.82) is 0 Å². The van der Waals surface area contributed by atoms with Gasteiger partial charge in [-0.2, -0.15) is 10.2 Å². The summed E-state index contributed by atoms with van der Waals surface area (Å²) in [6.45, 7) is 1.92. The Hall–Kier alpha value is -1.04. The number of aryl methyl sites for hydroxylation is 1. The summed E-state index contributed by atoms with van der Waals surface area (Å²) in [4.78, 5) is 0. The van der Waals surface area contributed by atoms with Crippen LogP contribution in [-0.2, 0) is 6.61 Å². The first-order valence-electron chi connectivity index (χ1n) is 5.67. The molecule has 0 aliphatic carbocycles. The third-order valence-corrected chi connectivity index (χ3v) is 3.62. The maximum Gasteiger partial charge on any atom is 0.0912 e. The molecule has 2 rings (SSSR count). The average Bonchev–Trinajstić information content (AvgIpc) is 2.39. The van der Waals surface area contributed by atoms with Gasteiger partial charge in [0.25, 0.3) is 0 Å². The maximum absolute atomic E-state index is 9.30. The van der Waals surface area contributed by atoms with Crippen LogP contribution >= 0.6 is 31.9 Å². The van der Waals surface area contributed by atoms with Crippen LogP contribution in [0.5, 0.6) is 0 Å². The zero-order valence-electron chi connectivity index (χ0n) is 10.3. The van der Waals surface area contributed by atoms with E-state index in [2.05, 4.69) is 42.1 Å². The van der Waals surface area contributed by atoms with E-state index < -0.39 is 0 Å². The van der Waals surface area contributed by atoms with Gasteiger partial charge < -0.3 is 5.11 Å². The second-order valence-corrected chi connectivity index (χ2v) is 5.89. The van der Waals surface area contributed by atoms with E-state index in [-0.39, 0.29) is 6.61 Å². The highest BCUT2D eigenvalue weighted by Crippen LogP contribution is 2.28. The zero-order valence-corrected chi connectivity index (χ0v) is 13.4. The van der Waals surface area contributed by atoms with Gasteiger partial charge in [0, 0.05) is 14.5 Å². The molecule has 0 heterocycles. The molecule has 0 radical (unpaired) electrons. The molecule has 3 nitrogen and oxygen atoms in total. The van der Waals surface area contributed by atoms with Gasteiger partial charge >= 0.3 is 0 Å². The lowest BCUT2D eigenvalue weighted by atomic mass is 10.2. The van der Waals surface area contributed by atoms with Crippen LogP contribution in [0.4, 0.5) is 11.4 Å². The Bertz CT molecular complexity index is 627. The third kappa shape index (κ3) is 3.72. The van der Waals surface area contributed by atoms with E-state index in [1.165, 1.54) is 0 Å². The van der Waals surface area contributed by atoms with Crippen molar-refractivity contribution in [2.45, 2.75) is 13.5 Å². The first kappa shape index (κ1) is 14.4. The minimum absolute atomic E-state index is 0.0624. The number of aliphatic hydroxyl groups is 1. The van der Waals surface area contributed by atoms with Crippen LogP contribution < -0.4 is 0 Å². The smallest absolute Gasteiger partial charge is 0.0912 e. The number of nitrogens with zero attached hydrogens (tertiary/aromatic N) is 2. The molecule has 0 spiro atoms. The fourth-order valence-electron chi connectivity index (χ4n) is 1.62. The monoisotopic (exact) mass is 382 g/mol. The van der Waals surface area contributed by atoms with Crippen molar-refractivity contribution in [3.05, 3.63) is 56.5 Å². The molecule has 0 saturated carbocycles. The molecule has 0 aliphatic heterocycles. The Morgan fingerprint density at radius 1 is 0.947 bits per heavy atom. The number of azo groups is 1. The fourth-order valence-corrected chi connectivity index (χ4v) is 2.50. The molecular weight excluding hydrogens is 372 g/mol. The topological polar surface area (TPSA) is 45.0 Å². The molecular formula is C14H12Br2N2O. The quantitative estimate of drug-likeness (QED) is 0.705. The van der Waals surface area contributed by atoms with Crippen molar-refractivity contribution in [2.24, 2.45) is 10.2 Å². The van der Waals surface area contributed by atoms with Gasteiger partial charge in [-0.05, 0) is 48.9 Å². The Labute approximate surface area is 128 Å². The van der Waals surface area contributed by atoms with Gasteiger partial charge in [0.1, 0.15) is 0 Å². The maximum atomic E-state index is 9.30. The van der Waals surface area contributed by atoms with Crippen LogP contribution in [0.2, 0.25) is 0 Å². The number of rotatable bonds is 3. The zero-order chi connectivity index (χ0) is 13.8. The summed E-state index contributed by atoms with van der Waals surface area (Å²) in [5, 5.41) is 17.7. The molecule has 0 bridgehead atoms. The largest absolute Gasteiger partial charge is 0.392 e. The van der Waals surface area contributed by atoms with E-state index in [4.69, 9.17) is 0 Å². The van der Waals surface area contributed by atoms with Gasteiger partial charge in [0.15, 0.2) is 0 Å². The van der Waals surface area contributed by atoms with Gasteiger partial charge in [0.2, 0.25) is 0 Å². The van der Waals surface area contributed by atoms with Crippen molar-refractivity contribution < 1.29 is 5.11 Å². The van der Waals surface area contributed by atoms with Gasteiger partial charge in [0.05, 0.1) is 18.0 Å². The molecule has 2 aromatic carbocycles. The van der Waals surface area contributed by atoms with Crippen molar-refractivity contribution in [2.75, 3.05) is 0 Å². The molecule has 0 saturated heterocycles. The standard InChI is InChI=1S/C14H12Br2N2O/c1-9-6-11(15)2-4-13(9)17-18-14-5-3-12(16)7-10(14)8-19/h2-7,19H,8H2,1H3. The lowest BCUT2D eigenvalue weighted by Gasteiger charge is -2.03. The minimum atomic E-state index is -0.0624. The van der Waals surface area contributed by atoms with Crippen molar-refractivity contribution in [3.63, 3.8) is 0 Å². The average molecular weight is 384 g/mol. The lowest BCUT2D eigenvalue weighted by Crippen LogP contribution is -1.83. The molecule has 0 amide bonds. The molecule has 0 aromatic heterocycles. The van der Waals surface area contributed by atoms with E-state index >= 15 is 0 Å². The van der Waals surface area contributed by atoms with Crippen LogP contribution in [-0.4, -0.2) is 5.11 Å². The van der Waals surface area contributed by atoms with Crippen LogP contribution in [0.15, 0.2) is 55.6 Å². The lowest BCUT2D eigenvalue weighted by molar-refractivity contribution is 0.282. The summed E-state index contributed by atoms with van der Waals surface area (Å²) in [5.74, 6) is 0. The molecule has 5 heteroatoms. The predicted octanol–water partition coefficient (Wildman–Crippen LogP) is 5.43. The summed E-state index contributed by atoms with van der Waals surface area (Å²) < 4.78 is 1.93. The van der Waals surface area contributed by atoms with Gasteiger partial charge in [-0.3, -0.25) is 0 Å². The highest BCUT2D eigenvalue weighted by Gasteiger charge is 2.02. The number of hydrogen-bond donors (Lipinski definition) is 1. The molecule has 0 aliphatic rings. The summed E-state index contributed by atoms with van der Waals surface area (Å²) in [6, 6.07) is 11.4. The first-order valence-corrected chi connectivity index (χ1v) is 7.26. The SMILES string of the molecule is Cc1cc(Br)ccc1N=Nc1ccc(Br)cc1CO. The van der Waals surface area contributed by atoms with Crippen LogP contribution in [0.25, 0.3) is 0 Å². The van der Waals surface area contributed by atoms with Gasteiger partial charge in [-0.25, -0.2) is 0 Å². The molecule has 0 fully saturated rings. The minimum Gasteiger partial charge on any atom is -0.392 e. The van der Waals surface area contributed by atoms with E-state index in [9.17, 15) is 5.11 Å². The first-order chi connectivity index (χ1) is 9.10. The van der Waals surface area contributed by atoms with Gasteiger partial charge in [-0.1, -0.05) is 31.9 Å². The van der Waals surface area contributed by atoms with Crippen LogP contribution in [0.1, 0.15) is 11.1 Å². The Balaban J connectivity index is 2.32. The van der Waals surface area contributed by atoms with Crippen LogP contribution in [0, 0.1) is 6.92 Å². The highest BCUT2D eigenvalue weighted by molar-refractivity contribution is 9.10. The molecule has 98 valence electrons. The Morgan fingerprint density at radius 2 is 1.53 bits per heavy atom. The van der Waals surface area contributed by atoms with Gasteiger partial charge in [-0.15, -0.1) is 0 Å². The van der Waals surface area contributed by atoms with E-state index in [1.807, 2.05) is 43.3 Å².